The van der Waals surface area contributed by atoms with Gasteiger partial charge in [0.15, 0.2) is 5.82 Å². The van der Waals surface area contributed by atoms with Gasteiger partial charge in [0.2, 0.25) is 5.95 Å². The summed E-state index contributed by atoms with van der Waals surface area (Å²) in [6.45, 7) is 4.21. The Labute approximate surface area is 102 Å². The molecule has 0 spiro atoms. The van der Waals surface area contributed by atoms with Crippen LogP contribution in [-0.2, 0) is 7.05 Å². The zero-order valence-corrected chi connectivity index (χ0v) is 11.0. The minimum Gasteiger partial charge on any atom is -0.347 e. The Morgan fingerprint density at radius 1 is 1.12 bits per heavy atom. The van der Waals surface area contributed by atoms with Crippen molar-refractivity contribution in [3.63, 3.8) is 0 Å². The second-order valence-electron chi connectivity index (χ2n) is 4.55. The molecular weight excluding hydrogens is 212 g/mol. The number of hydrogen-bond donors (Lipinski definition) is 0. The predicted molar refractivity (Wildman–Crippen MR) is 70.2 cm³/mol. The van der Waals surface area contributed by atoms with Crippen LogP contribution in [0.1, 0.15) is 11.1 Å². The van der Waals surface area contributed by atoms with Crippen LogP contribution in [0.15, 0.2) is 18.2 Å². The predicted octanol–water partition coefficient (Wildman–Crippen LogP) is 2.16. The minimum absolute atomic E-state index is 0.777. The van der Waals surface area contributed by atoms with Gasteiger partial charge in [-0.15, -0.1) is 5.10 Å². The summed E-state index contributed by atoms with van der Waals surface area (Å²) in [7, 11) is 5.84. The molecule has 0 amide bonds. The number of aromatic nitrogens is 3. The molecule has 0 radical (unpaired) electrons. The van der Waals surface area contributed by atoms with Crippen LogP contribution in [0.5, 0.6) is 0 Å². The molecule has 90 valence electrons. The van der Waals surface area contributed by atoms with E-state index in [2.05, 4.69) is 42.1 Å². The number of anilines is 1. The fourth-order valence-corrected chi connectivity index (χ4v) is 1.77. The van der Waals surface area contributed by atoms with Gasteiger partial charge in [0, 0.05) is 26.7 Å². The monoisotopic (exact) mass is 230 g/mol. The van der Waals surface area contributed by atoms with Gasteiger partial charge in [0.1, 0.15) is 0 Å². The first-order valence-electron chi connectivity index (χ1n) is 5.65. The number of rotatable bonds is 2. The molecule has 4 nitrogen and oxygen atoms in total. The molecule has 2 rings (SSSR count). The number of nitrogens with zero attached hydrogens (tertiary/aromatic N) is 4. The highest BCUT2D eigenvalue weighted by Gasteiger charge is 2.10. The quantitative estimate of drug-likeness (QED) is 0.793. The summed E-state index contributed by atoms with van der Waals surface area (Å²) in [5.41, 5.74) is 3.62. The van der Waals surface area contributed by atoms with E-state index in [-0.39, 0.29) is 0 Å². The van der Waals surface area contributed by atoms with E-state index < -0.39 is 0 Å². The lowest BCUT2D eigenvalue weighted by molar-refractivity contribution is 0.753. The summed E-state index contributed by atoms with van der Waals surface area (Å²) < 4.78 is 1.80. The standard InChI is InChI=1S/C13H18N4/c1-9-6-7-11(8-10(9)2)12-14-13(16(3)4)17(5)15-12/h6-8H,1-5H3. The molecule has 0 unspecified atom stereocenters. The van der Waals surface area contributed by atoms with E-state index in [1.54, 1.807) is 4.68 Å². The van der Waals surface area contributed by atoms with Gasteiger partial charge in [-0.1, -0.05) is 12.1 Å². The van der Waals surface area contributed by atoms with E-state index >= 15 is 0 Å². The van der Waals surface area contributed by atoms with Crippen molar-refractivity contribution in [3.8, 4) is 11.4 Å². The fourth-order valence-electron chi connectivity index (χ4n) is 1.77. The van der Waals surface area contributed by atoms with Gasteiger partial charge in [0.05, 0.1) is 0 Å². The smallest absolute Gasteiger partial charge is 0.223 e. The van der Waals surface area contributed by atoms with Crippen molar-refractivity contribution in [1.82, 2.24) is 14.8 Å². The molecule has 17 heavy (non-hydrogen) atoms. The summed E-state index contributed by atoms with van der Waals surface area (Å²) in [6, 6.07) is 6.30. The second kappa shape index (κ2) is 4.20. The van der Waals surface area contributed by atoms with Crippen molar-refractivity contribution in [2.24, 2.45) is 7.05 Å². The Balaban J connectivity index is 2.46. The topological polar surface area (TPSA) is 34.0 Å². The van der Waals surface area contributed by atoms with Crippen LogP contribution in [0.25, 0.3) is 11.4 Å². The maximum Gasteiger partial charge on any atom is 0.223 e. The molecule has 0 N–H and O–H groups in total. The number of aryl methyl sites for hydroxylation is 3. The molecule has 0 saturated heterocycles. The number of hydrogen-bond acceptors (Lipinski definition) is 3. The average Bonchev–Trinajstić information content (AvgIpc) is 2.64. The molecule has 4 heteroatoms. The van der Waals surface area contributed by atoms with Gasteiger partial charge in [-0.05, 0) is 31.0 Å². The minimum atomic E-state index is 0.777. The Hall–Kier alpha value is -1.84. The molecule has 0 saturated carbocycles. The van der Waals surface area contributed by atoms with Gasteiger partial charge < -0.3 is 4.90 Å². The van der Waals surface area contributed by atoms with Crippen LogP contribution >= 0.6 is 0 Å². The Morgan fingerprint density at radius 3 is 2.35 bits per heavy atom. The third-order valence-corrected chi connectivity index (χ3v) is 2.91. The van der Waals surface area contributed by atoms with Crippen LogP contribution in [0, 0.1) is 13.8 Å². The van der Waals surface area contributed by atoms with Crippen molar-refractivity contribution in [3.05, 3.63) is 29.3 Å². The van der Waals surface area contributed by atoms with Gasteiger partial charge in [-0.2, -0.15) is 4.98 Å². The molecule has 1 aromatic carbocycles. The maximum atomic E-state index is 4.53. The lowest BCUT2D eigenvalue weighted by atomic mass is 10.1. The average molecular weight is 230 g/mol. The largest absolute Gasteiger partial charge is 0.347 e. The SMILES string of the molecule is Cc1ccc(-c2nc(N(C)C)n(C)n2)cc1C. The normalized spacial score (nSPS) is 10.6. The molecule has 1 heterocycles. The lowest BCUT2D eigenvalue weighted by Gasteiger charge is -2.08. The summed E-state index contributed by atoms with van der Waals surface area (Å²) in [5.74, 6) is 1.64. The third-order valence-electron chi connectivity index (χ3n) is 2.91. The highest BCUT2D eigenvalue weighted by Crippen LogP contribution is 2.21. The number of benzene rings is 1. The molecule has 0 aliphatic heterocycles. The molecule has 0 fully saturated rings. The second-order valence-corrected chi connectivity index (χ2v) is 4.55. The van der Waals surface area contributed by atoms with Crippen LogP contribution < -0.4 is 4.90 Å². The molecular formula is C13H18N4. The maximum absolute atomic E-state index is 4.53. The Morgan fingerprint density at radius 2 is 1.82 bits per heavy atom. The molecule has 2 aromatic rings. The van der Waals surface area contributed by atoms with Gasteiger partial charge in [-0.25, -0.2) is 4.68 Å². The van der Waals surface area contributed by atoms with Crippen molar-refractivity contribution in [2.75, 3.05) is 19.0 Å². The molecule has 0 aliphatic rings. The van der Waals surface area contributed by atoms with Gasteiger partial charge in [-0.3, -0.25) is 0 Å². The highest BCUT2D eigenvalue weighted by atomic mass is 15.4. The summed E-state index contributed by atoms with van der Waals surface area (Å²) >= 11 is 0. The first kappa shape index (κ1) is 11.6. The zero-order valence-electron chi connectivity index (χ0n) is 11.0. The fraction of sp³-hybridized carbons (Fsp3) is 0.385. The molecule has 0 bridgehead atoms. The van der Waals surface area contributed by atoms with E-state index in [1.165, 1.54) is 11.1 Å². The lowest BCUT2D eigenvalue weighted by Crippen LogP contribution is -2.14. The van der Waals surface area contributed by atoms with Gasteiger partial charge in [0.25, 0.3) is 0 Å². The van der Waals surface area contributed by atoms with Crippen LogP contribution in [-0.4, -0.2) is 28.9 Å². The Kier molecular flexibility index (Phi) is 2.88. The van der Waals surface area contributed by atoms with Crippen molar-refractivity contribution >= 4 is 5.95 Å². The van der Waals surface area contributed by atoms with E-state index in [9.17, 15) is 0 Å². The summed E-state index contributed by atoms with van der Waals surface area (Å²) in [5, 5.41) is 4.44. The van der Waals surface area contributed by atoms with E-state index in [0.717, 1.165) is 17.3 Å². The van der Waals surface area contributed by atoms with Gasteiger partial charge >= 0.3 is 0 Å². The highest BCUT2D eigenvalue weighted by molar-refractivity contribution is 5.58. The van der Waals surface area contributed by atoms with Crippen LogP contribution in [0.3, 0.4) is 0 Å². The van der Waals surface area contributed by atoms with E-state index in [0.29, 0.717) is 0 Å². The Bertz CT molecular complexity index is 540. The summed E-state index contributed by atoms with van der Waals surface area (Å²) in [4.78, 5) is 6.48. The van der Waals surface area contributed by atoms with Crippen molar-refractivity contribution < 1.29 is 0 Å². The molecule has 0 aliphatic carbocycles. The van der Waals surface area contributed by atoms with Crippen LogP contribution in [0.4, 0.5) is 5.95 Å². The zero-order chi connectivity index (χ0) is 12.6. The van der Waals surface area contributed by atoms with Crippen molar-refractivity contribution in [1.29, 1.82) is 0 Å². The molecule has 0 atom stereocenters. The third kappa shape index (κ3) is 2.16. The van der Waals surface area contributed by atoms with Crippen LogP contribution in [0.2, 0.25) is 0 Å². The first-order chi connectivity index (χ1) is 7.99. The van der Waals surface area contributed by atoms with E-state index in [1.807, 2.05) is 26.0 Å². The molecule has 1 aromatic heterocycles. The van der Waals surface area contributed by atoms with Crippen molar-refractivity contribution in [2.45, 2.75) is 13.8 Å². The first-order valence-corrected chi connectivity index (χ1v) is 5.65. The summed E-state index contributed by atoms with van der Waals surface area (Å²) in [6.07, 6.45) is 0. The van der Waals surface area contributed by atoms with E-state index in [4.69, 9.17) is 0 Å².